The van der Waals surface area contributed by atoms with Crippen LogP contribution in [0.2, 0.25) is 0 Å². The van der Waals surface area contributed by atoms with Gasteiger partial charge >= 0.3 is 5.97 Å². The van der Waals surface area contributed by atoms with Crippen molar-refractivity contribution >= 4 is 35.5 Å². The normalized spacial score (nSPS) is 14.7. The molecule has 0 aliphatic rings. The van der Waals surface area contributed by atoms with Crippen molar-refractivity contribution in [2.75, 3.05) is 12.0 Å². The Kier molecular flexibility index (Phi) is 10.9. The molecule has 6 N–H and O–H groups in total. The van der Waals surface area contributed by atoms with Crippen LogP contribution in [0.25, 0.3) is 0 Å². The molecule has 0 bridgehead atoms. The van der Waals surface area contributed by atoms with Crippen LogP contribution >= 0.6 is 11.8 Å². The van der Waals surface area contributed by atoms with E-state index in [1.54, 1.807) is 36.0 Å². The summed E-state index contributed by atoms with van der Waals surface area (Å²) in [6.07, 6.45) is 2.50. The molecule has 0 radical (unpaired) electrons. The molecule has 0 saturated heterocycles. The lowest BCUT2D eigenvalue weighted by atomic mass is 10.1. The highest BCUT2D eigenvalue weighted by Crippen LogP contribution is 2.04. The number of carboxylic acids is 1. The van der Waals surface area contributed by atoms with Crippen LogP contribution in [0.4, 0.5) is 0 Å². The van der Waals surface area contributed by atoms with Gasteiger partial charge in [-0.1, -0.05) is 30.3 Å². The molecule has 166 valence electrons. The number of amides is 3. The number of aliphatic carboxylic acids is 1. The van der Waals surface area contributed by atoms with Crippen molar-refractivity contribution in [3.63, 3.8) is 0 Å². The molecule has 0 aromatic heterocycles. The zero-order valence-electron chi connectivity index (χ0n) is 17.4. The predicted molar refractivity (Wildman–Crippen MR) is 116 cm³/mol. The topological polar surface area (TPSA) is 151 Å². The second-order valence-electron chi connectivity index (χ2n) is 6.94. The van der Waals surface area contributed by atoms with Gasteiger partial charge < -0.3 is 26.8 Å². The lowest BCUT2D eigenvalue weighted by Gasteiger charge is -2.21. The molecular weight excluding hydrogens is 408 g/mol. The maximum absolute atomic E-state index is 12.4. The molecule has 9 nitrogen and oxygen atoms in total. The standard InChI is InChI=1S/C20H30N4O5S/c1-12(23-19(27)15(21)9-10-30-3)17(25)22-13(2)18(26)24-16(20(28)29)11-14-7-5-4-6-8-14/h4-8,12-13,15-16H,9-11,21H2,1-3H3,(H,22,25)(H,23,27)(H,24,26)(H,28,29). The fourth-order valence-corrected chi connectivity index (χ4v) is 3.00. The van der Waals surface area contributed by atoms with Crippen LogP contribution in [-0.4, -0.2) is 65.0 Å². The van der Waals surface area contributed by atoms with Crippen molar-refractivity contribution in [2.45, 2.75) is 50.9 Å². The van der Waals surface area contributed by atoms with Gasteiger partial charge in [-0.15, -0.1) is 0 Å². The van der Waals surface area contributed by atoms with Gasteiger partial charge in [0.15, 0.2) is 0 Å². The molecule has 0 aliphatic carbocycles. The minimum atomic E-state index is -1.18. The summed E-state index contributed by atoms with van der Waals surface area (Å²) >= 11 is 1.57. The third-order valence-electron chi connectivity index (χ3n) is 4.37. The SMILES string of the molecule is CSCCC(N)C(=O)NC(C)C(=O)NC(C)C(=O)NC(Cc1ccccc1)C(=O)O. The third kappa shape index (κ3) is 8.83. The van der Waals surface area contributed by atoms with Gasteiger partial charge in [-0.05, 0) is 37.8 Å². The molecule has 0 saturated carbocycles. The van der Waals surface area contributed by atoms with Crippen molar-refractivity contribution < 1.29 is 24.3 Å². The summed E-state index contributed by atoms with van der Waals surface area (Å²) in [5.74, 6) is -2.11. The predicted octanol–water partition coefficient (Wildman–Crippen LogP) is -0.112. The number of nitrogens with two attached hydrogens (primary N) is 1. The van der Waals surface area contributed by atoms with Crippen molar-refractivity contribution in [3.05, 3.63) is 35.9 Å². The van der Waals surface area contributed by atoms with Gasteiger partial charge in [0.05, 0.1) is 6.04 Å². The van der Waals surface area contributed by atoms with E-state index < -0.39 is 47.9 Å². The maximum atomic E-state index is 12.4. The van der Waals surface area contributed by atoms with E-state index in [-0.39, 0.29) is 6.42 Å². The Morgan fingerprint density at radius 2 is 1.50 bits per heavy atom. The largest absolute Gasteiger partial charge is 0.480 e. The van der Waals surface area contributed by atoms with Crippen LogP contribution in [0.1, 0.15) is 25.8 Å². The molecular formula is C20H30N4O5S. The number of hydrogen-bond donors (Lipinski definition) is 5. The van der Waals surface area contributed by atoms with Gasteiger partial charge in [-0.25, -0.2) is 4.79 Å². The first kappa shape index (κ1) is 25.4. The van der Waals surface area contributed by atoms with E-state index in [9.17, 15) is 24.3 Å². The van der Waals surface area contributed by atoms with Crippen molar-refractivity contribution in [1.29, 1.82) is 0 Å². The van der Waals surface area contributed by atoms with E-state index in [0.29, 0.717) is 6.42 Å². The van der Waals surface area contributed by atoms with Gasteiger partial charge in [-0.2, -0.15) is 11.8 Å². The number of nitrogens with one attached hydrogen (secondary N) is 3. The fraction of sp³-hybridized carbons (Fsp3) is 0.500. The van der Waals surface area contributed by atoms with Crippen molar-refractivity contribution in [2.24, 2.45) is 5.73 Å². The second kappa shape index (κ2) is 12.9. The summed E-state index contributed by atoms with van der Waals surface area (Å²) in [4.78, 5) is 48.1. The van der Waals surface area contributed by atoms with E-state index in [2.05, 4.69) is 16.0 Å². The molecule has 1 aromatic carbocycles. The average Bonchev–Trinajstić information content (AvgIpc) is 2.71. The first-order chi connectivity index (χ1) is 14.1. The number of carbonyl (C=O) groups excluding carboxylic acids is 3. The quantitative estimate of drug-likeness (QED) is 0.305. The molecule has 0 spiro atoms. The smallest absolute Gasteiger partial charge is 0.326 e. The average molecular weight is 439 g/mol. The highest BCUT2D eigenvalue weighted by Gasteiger charge is 2.26. The van der Waals surface area contributed by atoms with Crippen LogP contribution in [0.15, 0.2) is 30.3 Å². The van der Waals surface area contributed by atoms with E-state index in [1.807, 2.05) is 12.3 Å². The minimum absolute atomic E-state index is 0.114. The molecule has 0 aliphatic heterocycles. The zero-order chi connectivity index (χ0) is 22.7. The highest BCUT2D eigenvalue weighted by atomic mass is 32.2. The van der Waals surface area contributed by atoms with Crippen molar-refractivity contribution in [3.8, 4) is 0 Å². The van der Waals surface area contributed by atoms with E-state index in [4.69, 9.17) is 5.73 Å². The maximum Gasteiger partial charge on any atom is 0.326 e. The second-order valence-corrected chi connectivity index (χ2v) is 7.92. The number of benzene rings is 1. The van der Waals surface area contributed by atoms with E-state index in [0.717, 1.165) is 11.3 Å². The molecule has 10 heteroatoms. The molecule has 4 atom stereocenters. The Hall–Kier alpha value is -2.59. The Labute approximate surface area is 180 Å². The summed E-state index contributed by atoms with van der Waals surface area (Å²) in [5.41, 5.74) is 6.53. The lowest BCUT2D eigenvalue weighted by molar-refractivity contribution is -0.142. The van der Waals surface area contributed by atoms with Crippen LogP contribution < -0.4 is 21.7 Å². The molecule has 4 unspecified atom stereocenters. The summed E-state index contributed by atoms with van der Waals surface area (Å²) in [7, 11) is 0. The fourth-order valence-electron chi connectivity index (χ4n) is 2.51. The van der Waals surface area contributed by atoms with Gasteiger partial charge in [0.2, 0.25) is 17.7 Å². The third-order valence-corrected chi connectivity index (χ3v) is 5.02. The van der Waals surface area contributed by atoms with E-state index in [1.165, 1.54) is 13.8 Å². The summed E-state index contributed by atoms with van der Waals surface area (Å²) < 4.78 is 0. The number of carbonyl (C=O) groups is 4. The molecule has 3 amide bonds. The Morgan fingerprint density at radius 3 is 2.03 bits per heavy atom. The summed E-state index contributed by atoms with van der Waals surface area (Å²) in [6.45, 7) is 2.92. The summed E-state index contributed by atoms with van der Waals surface area (Å²) in [6, 6.07) is 5.16. The summed E-state index contributed by atoms with van der Waals surface area (Å²) in [5, 5.41) is 16.8. The zero-order valence-corrected chi connectivity index (χ0v) is 18.2. The van der Waals surface area contributed by atoms with Gasteiger partial charge in [-0.3, -0.25) is 14.4 Å². The van der Waals surface area contributed by atoms with Crippen LogP contribution in [0.3, 0.4) is 0 Å². The highest BCUT2D eigenvalue weighted by molar-refractivity contribution is 7.98. The minimum Gasteiger partial charge on any atom is -0.480 e. The first-order valence-electron chi connectivity index (χ1n) is 9.58. The Morgan fingerprint density at radius 1 is 0.967 bits per heavy atom. The van der Waals surface area contributed by atoms with Crippen LogP contribution in [-0.2, 0) is 25.6 Å². The lowest BCUT2D eigenvalue weighted by Crippen LogP contribution is -2.55. The number of thioether (sulfide) groups is 1. The van der Waals surface area contributed by atoms with Crippen molar-refractivity contribution in [1.82, 2.24) is 16.0 Å². The monoisotopic (exact) mass is 438 g/mol. The van der Waals surface area contributed by atoms with Crippen LogP contribution in [0, 0.1) is 0 Å². The Balaban J connectivity index is 2.57. The van der Waals surface area contributed by atoms with Gasteiger partial charge in [0.1, 0.15) is 18.1 Å². The number of carboxylic acid groups (broad SMARTS) is 1. The first-order valence-corrected chi connectivity index (χ1v) is 11.0. The number of hydrogen-bond acceptors (Lipinski definition) is 6. The van der Waals surface area contributed by atoms with Gasteiger partial charge in [0, 0.05) is 6.42 Å². The van der Waals surface area contributed by atoms with Gasteiger partial charge in [0.25, 0.3) is 0 Å². The molecule has 30 heavy (non-hydrogen) atoms. The van der Waals surface area contributed by atoms with Crippen LogP contribution in [0.5, 0.6) is 0 Å². The molecule has 1 rings (SSSR count). The molecule has 0 fully saturated rings. The molecule has 1 aromatic rings. The molecule has 0 heterocycles. The number of rotatable bonds is 12. The van der Waals surface area contributed by atoms with E-state index >= 15 is 0 Å². The Bertz CT molecular complexity index is 731.